The number of hydrogen-bond donors (Lipinski definition) is 3. The van der Waals surface area contributed by atoms with Gasteiger partial charge in [-0.3, -0.25) is 0 Å². The quantitative estimate of drug-likeness (QED) is 0.201. The van der Waals surface area contributed by atoms with Crippen LogP contribution in [0.3, 0.4) is 0 Å². The van der Waals surface area contributed by atoms with E-state index in [2.05, 4.69) is 14.5 Å². The Balaban J connectivity index is 0.00000169. The number of hydrogen-bond acceptors (Lipinski definition) is 10. The largest absolute Gasteiger partial charge is 1.00 e. The van der Waals surface area contributed by atoms with Crippen LogP contribution in [0.1, 0.15) is 6.23 Å². The average molecular weight is 516 g/mol. The first-order chi connectivity index (χ1) is 11.2. The van der Waals surface area contributed by atoms with Crippen LogP contribution in [0, 0.1) is 3.57 Å². The van der Waals surface area contributed by atoms with Gasteiger partial charge in [-0.2, -0.15) is 0 Å². The molecule has 0 spiro atoms. The van der Waals surface area contributed by atoms with Gasteiger partial charge in [-0.15, -0.1) is 0 Å². The molecule has 0 radical (unpaired) electrons. The van der Waals surface area contributed by atoms with Gasteiger partial charge in [0.1, 0.15) is 36.1 Å². The number of nitrogens with two attached hydrogens (primary N) is 1. The van der Waals surface area contributed by atoms with Crippen LogP contribution in [-0.4, -0.2) is 49.7 Å². The minimum Gasteiger partial charge on any atom is -0.790 e. The number of fused-ring (bicyclic) bond motifs is 1. The van der Waals surface area contributed by atoms with E-state index in [1.54, 1.807) is 6.20 Å². The van der Waals surface area contributed by atoms with E-state index in [1.807, 2.05) is 22.6 Å². The molecule has 4 atom stereocenters. The Morgan fingerprint density at radius 2 is 2.00 bits per heavy atom. The van der Waals surface area contributed by atoms with E-state index >= 15 is 0 Å². The van der Waals surface area contributed by atoms with Crippen LogP contribution in [0.5, 0.6) is 0 Å². The number of aliphatic hydroxyl groups is 2. The summed E-state index contributed by atoms with van der Waals surface area (Å²) in [6, 6.07) is 0. The Kier molecular flexibility index (Phi) is 9.45. The molecule has 1 aliphatic heterocycles. The van der Waals surface area contributed by atoms with Crippen molar-refractivity contribution >= 4 is 47.3 Å². The van der Waals surface area contributed by atoms with E-state index in [4.69, 9.17) is 10.5 Å². The molecule has 132 valence electrons. The monoisotopic (exact) mass is 516 g/mol. The Morgan fingerprint density at radius 1 is 1.35 bits per heavy atom. The maximum Gasteiger partial charge on any atom is 1.00 e. The molecule has 11 nitrogen and oxygen atoms in total. The number of phosphoric ester groups is 1. The maximum atomic E-state index is 10.6. The number of rotatable bonds is 4. The molecule has 0 unspecified atom stereocenters. The van der Waals surface area contributed by atoms with Gasteiger partial charge in [-0.1, -0.05) is 0 Å². The Labute approximate surface area is 205 Å². The van der Waals surface area contributed by atoms with Crippen molar-refractivity contribution in [1.29, 1.82) is 0 Å². The van der Waals surface area contributed by atoms with Crippen LogP contribution < -0.4 is 74.6 Å². The summed E-state index contributed by atoms with van der Waals surface area (Å²) < 4.78 is 22.3. The minimum absolute atomic E-state index is 0. The SMILES string of the molecule is Nc1ncnc2c1c(I)cn2[C@@H]1O[C@H](COP(=O)([O-])[O-])[C@@H](O)[C@H]1O.[Na+].[Na+]. The van der Waals surface area contributed by atoms with Gasteiger partial charge in [0.2, 0.25) is 0 Å². The Hall–Kier alpha value is 1.14. The molecule has 0 amide bonds. The van der Waals surface area contributed by atoms with Crippen LogP contribution in [0.25, 0.3) is 11.0 Å². The van der Waals surface area contributed by atoms with Crippen LogP contribution in [0.15, 0.2) is 12.5 Å². The molecule has 3 rings (SSSR count). The fourth-order valence-corrected chi connectivity index (χ4v) is 3.66. The van der Waals surface area contributed by atoms with Gasteiger partial charge in [0.25, 0.3) is 0 Å². The molecule has 1 fully saturated rings. The standard InChI is InChI=1S/C11H14IN4O7P.2Na/c12-4-1-16(10-6(4)9(13)14-3-15-10)11-8(18)7(17)5(23-11)2-22-24(19,20)21;;/h1,3,5,7-8,11,17-18H,2H2,(H2,13,14,15)(H2,19,20,21);;/q;2*+1/p-2/t5-,7-,8-,11-;;/m1../s1. The zero-order valence-corrected chi connectivity index (χ0v) is 20.9. The second-order valence-electron chi connectivity index (χ2n) is 5.13. The number of nitrogens with zero attached hydrogens (tertiary/aromatic N) is 3. The smallest absolute Gasteiger partial charge is 0.790 e. The number of aliphatic hydroxyl groups excluding tert-OH is 2. The second-order valence-corrected chi connectivity index (χ2v) is 7.45. The number of aromatic nitrogens is 3. The van der Waals surface area contributed by atoms with Gasteiger partial charge in [0.05, 0.1) is 19.8 Å². The predicted molar refractivity (Wildman–Crippen MR) is 84.1 cm³/mol. The molecule has 0 saturated carbocycles. The van der Waals surface area contributed by atoms with Gasteiger partial charge in [0, 0.05) is 9.77 Å². The number of phosphoric acid groups is 1. The topological polar surface area (TPSA) is 179 Å². The fourth-order valence-electron chi connectivity index (χ4n) is 2.52. The van der Waals surface area contributed by atoms with E-state index in [1.165, 1.54) is 10.9 Å². The zero-order chi connectivity index (χ0) is 17.6. The normalized spacial score (nSPS) is 25.7. The zero-order valence-electron chi connectivity index (χ0n) is 13.9. The van der Waals surface area contributed by atoms with E-state index < -0.39 is 39.0 Å². The maximum absolute atomic E-state index is 10.6. The van der Waals surface area contributed by atoms with Gasteiger partial charge < -0.3 is 44.1 Å². The minimum atomic E-state index is -5.22. The van der Waals surface area contributed by atoms with E-state index in [0.29, 0.717) is 14.6 Å². The first kappa shape index (κ1) is 25.2. The fraction of sp³-hybridized carbons (Fsp3) is 0.455. The summed E-state index contributed by atoms with van der Waals surface area (Å²) in [6.45, 7) is -0.702. The van der Waals surface area contributed by atoms with Crippen molar-refractivity contribution in [3.63, 3.8) is 0 Å². The van der Waals surface area contributed by atoms with Crippen molar-refractivity contribution in [2.24, 2.45) is 0 Å². The average Bonchev–Trinajstić information content (AvgIpc) is 2.96. The third kappa shape index (κ3) is 5.19. The molecule has 4 N–H and O–H groups in total. The van der Waals surface area contributed by atoms with Crippen molar-refractivity contribution < 1.29 is 92.9 Å². The summed E-state index contributed by atoms with van der Waals surface area (Å²) >= 11 is 2.01. The second kappa shape index (κ2) is 9.76. The molecule has 2 aromatic rings. The van der Waals surface area contributed by atoms with Gasteiger partial charge in [-0.25, -0.2) is 9.97 Å². The molecule has 15 heteroatoms. The Morgan fingerprint density at radius 3 is 2.62 bits per heavy atom. The van der Waals surface area contributed by atoms with E-state index in [0.717, 1.165) is 0 Å². The third-order valence-corrected chi connectivity index (χ3v) is 4.88. The van der Waals surface area contributed by atoms with Gasteiger partial charge in [0.15, 0.2) is 6.23 Å². The molecule has 0 aliphatic carbocycles. The molecular weight excluding hydrogens is 504 g/mol. The first-order valence-corrected chi connectivity index (χ1v) is 9.17. The van der Waals surface area contributed by atoms with Crippen molar-refractivity contribution in [2.75, 3.05) is 12.3 Å². The molecule has 3 heterocycles. The van der Waals surface area contributed by atoms with Crippen LogP contribution in [0.2, 0.25) is 0 Å². The number of ether oxygens (including phenoxy) is 1. The van der Waals surface area contributed by atoms with E-state index in [-0.39, 0.29) is 64.9 Å². The predicted octanol–water partition coefficient (Wildman–Crippen LogP) is -7.91. The third-order valence-electron chi connectivity index (χ3n) is 3.60. The van der Waals surface area contributed by atoms with Crippen molar-refractivity contribution in [3.05, 3.63) is 16.1 Å². The number of halogens is 1. The molecule has 2 aromatic heterocycles. The van der Waals surface area contributed by atoms with Gasteiger partial charge >= 0.3 is 59.1 Å². The molecule has 0 bridgehead atoms. The van der Waals surface area contributed by atoms with Crippen LogP contribution >= 0.6 is 30.4 Å². The van der Waals surface area contributed by atoms with Gasteiger partial charge in [-0.05, 0) is 22.6 Å². The summed E-state index contributed by atoms with van der Waals surface area (Å²) in [6.07, 6.45) is -2.25. The molecule has 1 saturated heterocycles. The molecule has 0 aromatic carbocycles. The summed E-state index contributed by atoms with van der Waals surface area (Å²) in [5.41, 5.74) is 6.19. The summed E-state index contributed by atoms with van der Waals surface area (Å²) in [5.74, 6) is 0.245. The molecule has 1 aliphatic rings. The number of anilines is 1. The van der Waals surface area contributed by atoms with Crippen molar-refractivity contribution in [1.82, 2.24) is 14.5 Å². The van der Waals surface area contributed by atoms with Crippen molar-refractivity contribution in [3.8, 4) is 0 Å². The number of nitrogen functional groups attached to an aromatic ring is 1. The summed E-state index contributed by atoms with van der Waals surface area (Å²) in [5, 5.41) is 20.8. The summed E-state index contributed by atoms with van der Waals surface area (Å²) in [7, 11) is -5.22. The molecular formula is C11H12IN4Na2O7P. The first-order valence-electron chi connectivity index (χ1n) is 6.63. The van der Waals surface area contributed by atoms with Crippen LogP contribution in [-0.2, 0) is 13.8 Å². The Bertz CT molecular complexity index is 821. The van der Waals surface area contributed by atoms with E-state index in [9.17, 15) is 24.6 Å². The van der Waals surface area contributed by atoms with Crippen LogP contribution in [0.4, 0.5) is 5.82 Å². The van der Waals surface area contributed by atoms with Crippen molar-refractivity contribution in [2.45, 2.75) is 24.5 Å². The molecule has 26 heavy (non-hydrogen) atoms. The summed E-state index contributed by atoms with van der Waals surface area (Å²) in [4.78, 5) is 29.1.